The Bertz CT molecular complexity index is 446. The van der Waals surface area contributed by atoms with E-state index < -0.39 is 21.5 Å². The Morgan fingerprint density at radius 3 is 2.19 bits per heavy atom. The molecular weight excluding hydrogens is 249 g/mol. The molecule has 0 aromatic rings. The van der Waals surface area contributed by atoms with Gasteiger partial charge in [0.15, 0.2) is 0 Å². The molecule has 0 bridgehead atoms. The van der Waals surface area contributed by atoms with Gasteiger partial charge in [0, 0.05) is 6.92 Å². The van der Waals surface area contributed by atoms with Crippen LogP contribution >= 0.6 is 0 Å². The van der Waals surface area contributed by atoms with Gasteiger partial charge in [-0.25, -0.2) is 0 Å². The summed E-state index contributed by atoms with van der Waals surface area (Å²) in [5.74, 6) is -2.05. The molecule has 1 aliphatic heterocycles. The number of nitrogens with zero attached hydrogens (tertiary/aromatic N) is 2. The van der Waals surface area contributed by atoms with E-state index in [9.17, 15) is 21.6 Å². The minimum atomic E-state index is -5.70. The average molecular weight is 258 g/mol. The van der Waals surface area contributed by atoms with E-state index in [1.807, 2.05) is 0 Å². The van der Waals surface area contributed by atoms with E-state index in [2.05, 4.69) is 14.2 Å². The highest BCUT2D eigenvalue weighted by Gasteiger charge is 2.56. The van der Waals surface area contributed by atoms with Gasteiger partial charge in [-0.15, -0.1) is 0 Å². The summed E-state index contributed by atoms with van der Waals surface area (Å²) >= 11 is 0. The SMILES string of the molecule is CC1=NC(C)(OS(=O)(=O)C(F)(F)F)[N+]=C1C. The Morgan fingerprint density at radius 2 is 1.88 bits per heavy atom. The van der Waals surface area contributed by atoms with E-state index in [0.717, 1.165) is 6.92 Å². The second-order valence-corrected chi connectivity index (χ2v) is 4.85. The number of halogens is 3. The topological polar surface area (TPSA) is 69.8 Å². The van der Waals surface area contributed by atoms with Crippen molar-refractivity contribution in [2.24, 2.45) is 4.99 Å². The summed E-state index contributed by atoms with van der Waals surface area (Å²) in [6.07, 6.45) is 0. The van der Waals surface area contributed by atoms with Crippen LogP contribution in [0.1, 0.15) is 20.8 Å². The fourth-order valence-electron chi connectivity index (χ4n) is 1.10. The minimum absolute atomic E-state index is 0.333. The van der Waals surface area contributed by atoms with Gasteiger partial charge in [0.2, 0.25) is 0 Å². The molecule has 1 heterocycles. The van der Waals surface area contributed by atoms with Crippen molar-refractivity contribution < 1.29 is 25.8 Å². The molecule has 0 aromatic carbocycles. The van der Waals surface area contributed by atoms with Gasteiger partial charge in [0.25, 0.3) is 5.71 Å². The minimum Gasteiger partial charge on any atom is -0.189 e. The van der Waals surface area contributed by atoms with Crippen molar-refractivity contribution in [2.75, 3.05) is 0 Å². The normalized spacial score (nSPS) is 26.6. The molecule has 0 unspecified atom stereocenters. The Balaban J connectivity index is 3.02. The molecule has 1 aliphatic rings. The third-order valence-electron chi connectivity index (χ3n) is 1.82. The van der Waals surface area contributed by atoms with E-state index >= 15 is 0 Å². The average Bonchev–Trinajstić information content (AvgIpc) is 2.21. The van der Waals surface area contributed by atoms with Gasteiger partial charge in [-0.3, -0.25) is 0 Å². The molecular formula is C7H9F3N2O3S+. The van der Waals surface area contributed by atoms with Gasteiger partial charge in [-0.1, -0.05) is 0 Å². The first-order chi connectivity index (χ1) is 6.97. The summed E-state index contributed by atoms with van der Waals surface area (Å²) in [6, 6.07) is 0. The fourth-order valence-corrected chi connectivity index (χ4v) is 1.69. The standard InChI is InChI=1S/C7H9F3N2O3S/c1-4-5(2)12-6(3,11-4)15-16(13,14)7(8,9)10/h1-3H3/q+1. The molecule has 0 aromatic heterocycles. The lowest BCUT2D eigenvalue weighted by Gasteiger charge is -2.11. The number of hydrogen-bond donors (Lipinski definition) is 0. The summed E-state index contributed by atoms with van der Waals surface area (Å²) < 4.78 is 61.6. The summed E-state index contributed by atoms with van der Waals surface area (Å²) in [4.78, 5) is 7.22. The molecule has 9 heteroatoms. The first-order valence-corrected chi connectivity index (χ1v) is 5.53. The van der Waals surface area contributed by atoms with Crippen LogP contribution in [0.4, 0.5) is 13.2 Å². The maximum atomic E-state index is 12.0. The maximum Gasteiger partial charge on any atom is 0.523 e. The van der Waals surface area contributed by atoms with Crippen molar-refractivity contribution in [2.45, 2.75) is 32.1 Å². The van der Waals surface area contributed by atoms with Crippen molar-refractivity contribution in [3.8, 4) is 0 Å². The van der Waals surface area contributed by atoms with Crippen molar-refractivity contribution >= 4 is 21.5 Å². The molecule has 0 N–H and O–H groups in total. The number of hydrogen-bond acceptors (Lipinski definition) is 5. The van der Waals surface area contributed by atoms with E-state index in [1.54, 1.807) is 0 Å². The molecule has 5 nitrogen and oxygen atoms in total. The molecule has 1 rings (SSSR count). The molecule has 0 spiro atoms. The van der Waals surface area contributed by atoms with Crippen LogP contribution in [-0.2, 0) is 14.3 Å². The van der Waals surface area contributed by atoms with Crippen LogP contribution in [0.3, 0.4) is 0 Å². The van der Waals surface area contributed by atoms with Gasteiger partial charge in [-0.2, -0.15) is 30.8 Å². The van der Waals surface area contributed by atoms with Gasteiger partial charge in [0.1, 0.15) is 5.71 Å². The molecule has 16 heavy (non-hydrogen) atoms. The van der Waals surface area contributed by atoms with E-state index in [-0.39, 0.29) is 0 Å². The number of aliphatic imine (C=N–C) groups is 2. The summed E-state index contributed by atoms with van der Waals surface area (Å²) in [5.41, 5.74) is -4.81. The molecule has 0 saturated heterocycles. The number of alkyl halides is 3. The zero-order valence-electron chi connectivity index (χ0n) is 8.66. The first kappa shape index (κ1) is 13.1. The van der Waals surface area contributed by atoms with Crippen molar-refractivity contribution in [3.05, 3.63) is 0 Å². The summed E-state index contributed by atoms with van der Waals surface area (Å²) in [6.45, 7) is 4.03. The Kier molecular flexibility index (Phi) is 2.88. The van der Waals surface area contributed by atoms with Crippen LogP contribution < -0.4 is 4.99 Å². The van der Waals surface area contributed by atoms with Crippen molar-refractivity contribution in [1.82, 2.24) is 4.99 Å². The van der Waals surface area contributed by atoms with Crippen LogP contribution in [0, 0.1) is 0 Å². The molecule has 0 amide bonds. The van der Waals surface area contributed by atoms with Crippen molar-refractivity contribution in [1.29, 1.82) is 0 Å². The molecule has 0 fully saturated rings. The van der Waals surface area contributed by atoms with Crippen LogP contribution in [0.25, 0.3) is 0 Å². The highest BCUT2D eigenvalue weighted by molar-refractivity contribution is 7.87. The molecule has 0 saturated carbocycles. The monoisotopic (exact) mass is 258 g/mol. The van der Waals surface area contributed by atoms with Crippen LogP contribution in [0.5, 0.6) is 0 Å². The molecule has 1 radical (unpaired) electrons. The Morgan fingerprint density at radius 1 is 1.38 bits per heavy atom. The Labute approximate surface area is 90.2 Å². The van der Waals surface area contributed by atoms with Gasteiger partial charge < -0.3 is 0 Å². The van der Waals surface area contributed by atoms with Crippen LogP contribution in [-0.4, -0.2) is 31.2 Å². The van der Waals surface area contributed by atoms with Crippen LogP contribution in [0.2, 0.25) is 0 Å². The van der Waals surface area contributed by atoms with E-state index in [1.165, 1.54) is 13.8 Å². The van der Waals surface area contributed by atoms with Crippen molar-refractivity contribution in [3.63, 3.8) is 0 Å². The lowest BCUT2D eigenvalue weighted by molar-refractivity contribution is -0.0639. The van der Waals surface area contributed by atoms with Gasteiger partial charge >= 0.3 is 21.5 Å². The summed E-state index contributed by atoms with van der Waals surface area (Å²) in [5, 5.41) is 0. The molecule has 0 aliphatic carbocycles. The third kappa shape index (κ3) is 2.40. The zero-order valence-corrected chi connectivity index (χ0v) is 9.48. The molecule has 0 atom stereocenters. The first-order valence-electron chi connectivity index (χ1n) is 4.12. The zero-order chi connectivity index (χ0) is 12.8. The number of rotatable bonds is 2. The molecule has 91 valence electrons. The summed E-state index contributed by atoms with van der Waals surface area (Å²) in [7, 11) is -5.70. The van der Waals surface area contributed by atoms with Gasteiger partial charge in [-0.05, 0) is 6.92 Å². The smallest absolute Gasteiger partial charge is 0.189 e. The third-order valence-corrected chi connectivity index (χ3v) is 2.93. The second kappa shape index (κ2) is 3.52. The Hall–Kier alpha value is -0.960. The highest BCUT2D eigenvalue weighted by atomic mass is 32.2. The second-order valence-electron chi connectivity index (χ2n) is 3.31. The predicted octanol–water partition coefficient (Wildman–Crippen LogP) is 0.797. The largest absolute Gasteiger partial charge is 0.523 e. The predicted molar refractivity (Wildman–Crippen MR) is 50.4 cm³/mol. The van der Waals surface area contributed by atoms with E-state index in [4.69, 9.17) is 0 Å². The highest BCUT2D eigenvalue weighted by Crippen LogP contribution is 2.29. The lowest BCUT2D eigenvalue weighted by Crippen LogP contribution is -2.38. The maximum absolute atomic E-state index is 12.0. The van der Waals surface area contributed by atoms with Crippen LogP contribution in [0.15, 0.2) is 4.99 Å². The quantitative estimate of drug-likeness (QED) is 0.543. The lowest BCUT2D eigenvalue weighted by atomic mass is 10.3. The fraction of sp³-hybridized carbons (Fsp3) is 0.714. The van der Waals surface area contributed by atoms with E-state index in [0.29, 0.717) is 11.4 Å². The van der Waals surface area contributed by atoms with Gasteiger partial charge in [0.05, 0.1) is 11.9 Å².